The maximum absolute atomic E-state index is 12.3. The van der Waals surface area contributed by atoms with Gasteiger partial charge in [0.05, 0.1) is 5.75 Å². The van der Waals surface area contributed by atoms with Crippen molar-refractivity contribution >= 4 is 10.0 Å². The molecule has 0 aromatic rings. The van der Waals surface area contributed by atoms with E-state index in [0.717, 1.165) is 25.9 Å². The van der Waals surface area contributed by atoms with E-state index >= 15 is 0 Å². The van der Waals surface area contributed by atoms with Crippen LogP contribution in [0.4, 0.5) is 0 Å². The van der Waals surface area contributed by atoms with Crippen molar-refractivity contribution in [2.75, 3.05) is 25.9 Å². The largest absolute Gasteiger partial charge is 0.320 e. The van der Waals surface area contributed by atoms with Gasteiger partial charge in [-0.2, -0.15) is 4.31 Å². The van der Waals surface area contributed by atoms with E-state index in [1.807, 2.05) is 11.4 Å². The molecule has 0 aromatic carbocycles. The second-order valence-electron chi connectivity index (χ2n) is 5.28. The van der Waals surface area contributed by atoms with Crippen molar-refractivity contribution < 1.29 is 8.42 Å². The van der Waals surface area contributed by atoms with Crippen LogP contribution in [0.5, 0.6) is 0 Å². The molecule has 2 rings (SSSR count). The number of hydrogen-bond acceptors (Lipinski definition) is 3. The Kier molecular flexibility index (Phi) is 4.44. The monoisotopic (exact) mass is 260 g/mol. The van der Waals surface area contributed by atoms with Gasteiger partial charge < -0.3 is 5.32 Å². The third-order valence-electron chi connectivity index (χ3n) is 4.13. The normalized spacial score (nSPS) is 30.4. The van der Waals surface area contributed by atoms with E-state index in [9.17, 15) is 8.42 Å². The van der Waals surface area contributed by atoms with Gasteiger partial charge in [0.2, 0.25) is 10.0 Å². The Bertz CT molecular complexity index is 342. The lowest BCUT2D eigenvalue weighted by atomic mass is 9.94. The second-order valence-corrected chi connectivity index (χ2v) is 7.33. The van der Waals surface area contributed by atoms with Crippen molar-refractivity contribution in [1.82, 2.24) is 9.62 Å². The van der Waals surface area contributed by atoms with Crippen molar-refractivity contribution in [3.8, 4) is 0 Å². The Hall–Kier alpha value is -0.130. The number of nitrogens with zero attached hydrogens (tertiary/aromatic N) is 1. The van der Waals surface area contributed by atoms with E-state index < -0.39 is 10.0 Å². The summed E-state index contributed by atoms with van der Waals surface area (Å²) in [6.45, 7) is 1.53. The van der Waals surface area contributed by atoms with E-state index in [1.54, 1.807) is 0 Å². The molecule has 5 heteroatoms. The van der Waals surface area contributed by atoms with Gasteiger partial charge in [0.15, 0.2) is 0 Å². The first-order valence-corrected chi connectivity index (χ1v) is 8.40. The lowest BCUT2D eigenvalue weighted by molar-refractivity contribution is 0.202. The minimum Gasteiger partial charge on any atom is -0.320 e. The Balaban J connectivity index is 1.99. The highest BCUT2D eigenvalue weighted by Gasteiger charge is 2.40. The molecule has 0 radical (unpaired) electrons. The van der Waals surface area contributed by atoms with E-state index in [2.05, 4.69) is 5.32 Å². The van der Waals surface area contributed by atoms with Gasteiger partial charge in [0.1, 0.15) is 0 Å². The Morgan fingerprint density at radius 1 is 1.24 bits per heavy atom. The predicted octanol–water partition coefficient (Wildman–Crippen LogP) is 1.19. The first kappa shape index (κ1) is 13.3. The summed E-state index contributed by atoms with van der Waals surface area (Å²) >= 11 is 0. The molecule has 0 spiro atoms. The van der Waals surface area contributed by atoms with Crippen LogP contribution in [-0.2, 0) is 10.0 Å². The molecule has 2 unspecified atom stereocenters. The number of hydrogen-bond donors (Lipinski definition) is 1. The molecule has 1 aliphatic heterocycles. The molecular formula is C12H24N2O2S. The lowest BCUT2D eigenvalue weighted by Crippen LogP contribution is -2.47. The van der Waals surface area contributed by atoms with Crippen LogP contribution in [0.1, 0.15) is 38.5 Å². The smallest absolute Gasteiger partial charge is 0.214 e. The number of rotatable bonds is 5. The average Bonchev–Trinajstić information content (AvgIpc) is 2.76. The van der Waals surface area contributed by atoms with Crippen LogP contribution in [0.15, 0.2) is 0 Å². The molecule has 1 saturated carbocycles. The molecule has 17 heavy (non-hydrogen) atoms. The molecule has 1 saturated heterocycles. The molecule has 1 heterocycles. The van der Waals surface area contributed by atoms with Gasteiger partial charge >= 0.3 is 0 Å². The number of nitrogens with one attached hydrogen (secondary N) is 1. The minimum atomic E-state index is -3.02. The summed E-state index contributed by atoms with van der Waals surface area (Å²) < 4.78 is 26.4. The first-order chi connectivity index (χ1) is 8.15. The van der Waals surface area contributed by atoms with Gasteiger partial charge in [-0.25, -0.2) is 8.42 Å². The summed E-state index contributed by atoms with van der Waals surface area (Å²) in [6.07, 6.45) is 6.51. The minimum absolute atomic E-state index is 0.303. The zero-order valence-corrected chi connectivity index (χ0v) is 11.5. The van der Waals surface area contributed by atoms with Crippen LogP contribution < -0.4 is 5.32 Å². The van der Waals surface area contributed by atoms with Crippen molar-refractivity contribution in [2.45, 2.75) is 44.6 Å². The number of fused-ring (bicyclic) bond motifs is 1. The highest BCUT2D eigenvalue weighted by Crippen LogP contribution is 2.38. The van der Waals surface area contributed by atoms with Crippen LogP contribution in [0, 0.1) is 5.92 Å². The van der Waals surface area contributed by atoms with Crippen molar-refractivity contribution in [1.29, 1.82) is 0 Å². The van der Waals surface area contributed by atoms with Crippen LogP contribution in [-0.4, -0.2) is 44.7 Å². The molecule has 2 atom stereocenters. The number of sulfonamides is 1. The predicted molar refractivity (Wildman–Crippen MR) is 69.4 cm³/mol. The molecular weight excluding hydrogens is 236 g/mol. The molecule has 0 amide bonds. The van der Waals surface area contributed by atoms with Gasteiger partial charge in [0, 0.05) is 12.6 Å². The van der Waals surface area contributed by atoms with Crippen molar-refractivity contribution in [3.05, 3.63) is 0 Å². The summed E-state index contributed by atoms with van der Waals surface area (Å²) in [5.41, 5.74) is 0. The maximum Gasteiger partial charge on any atom is 0.214 e. The van der Waals surface area contributed by atoms with Crippen LogP contribution in [0.2, 0.25) is 0 Å². The molecule has 100 valence electrons. The van der Waals surface area contributed by atoms with Crippen molar-refractivity contribution in [2.24, 2.45) is 5.92 Å². The highest BCUT2D eigenvalue weighted by molar-refractivity contribution is 7.89. The third kappa shape index (κ3) is 3.01. The topological polar surface area (TPSA) is 49.4 Å². The van der Waals surface area contributed by atoms with Gasteiger partial charge in [-0.05, 0) is 51.6 Å². The summed E-state index contributed by atoms with van der Waals surface area (Å²) in [5.74, 6) is 0.944. The third-order valence-corrected chi connectivity index (χ3v) is 6.10. The molecule has 1 N–H and O–H groups in total. The fraction of sp³-hybridized carbons (Fsp3) is 1.00. The first-order valence-electron chi connectivity index (χ1n) is 6.79. The average molecular weight is 260 g/mol. The van der Waals surface area contributed by atoms with Crippen LogP contribution >= 0.6 is 0 Å². The molecule has 0 aromatic heterocycles. The van der Waals surface area contributed by atoms with Crippen LogP contribution in [0.3, 0.4) is 0 Å². The SMILES string of the molecule is CNCCCS(=O)(=O)N1CCCC2CCCC21. The summed E-state index contributed by atoms with van der Waals surface area (Å²) in [6, 6.07) is 0.323. The zero-order chi connectivity index (χ0) is 12.3. The second kappa shape index (κ2) is 5.67. The molecule has 2 fully saturated rings. The van der Waals surface area contributed by atoms with Gasteiger partial charge in [-0.1, -0.05) is 6.42 Å². The van der Waals surface area contributed by atoms with Gasteiger partial charge in [-0.15, -0.1) is 0 Å². The molecule has 0 bridgehead atoms. The summed E-state index contributed by atoms with van der Waals surface area (Å²) in [5, 5.41) is 3.01. The van der Waals surface area contributed by atoms with Crippen molar-refractivity contribution in [3.63, 3.8) is 0 Å². The Labute approximate surface area is 105 Å². The van der Waals surface area contributed by atoms with E-state index in [-0.39, 0.29) is 0 Å². The Morgan fingerprint density at radius 2 is 2.00 bits per heavy atom. The quantitative estimate of drug-likeness (QED) is 0.755. The molecule has 4 nitrogen and oxygen atoms in total. The highest BCUT2D eigenvalue weighted by atomic mass is 32.2. The summed E-state index contributed by atoms with van der Waals surface area (Å²) in [4.78, 5) is 0. The zero-order valence-electron chi connectivity index (χ0n) is 10.7. The summed E-state index contributed by atoms with van der Waals surface area (Å²) in [7, 11) is -1.15. The molecule has 1 aliphatic carbocycles. The fourth-order valence-electron chi connectivity index (χ4n) is 3.30. The van der Waals surface area contributed by atoms with E-state index in [4.69, 9.17) is 0 Å². The van der Waals surface area contributed by atoms with Gasteiger partial charge in [-0.3, -0.25) is 0 Å². The Morgan fingerprint density at radius 3 is 2.76 bits per heavy atom. The van der Waals surface area contributed by atoms with E-state index in [1.165, 1.54) is 19.3 Å². The fourth-order valence-corrected chi connectivity index (χ4v) is 5.14. The standard InChI is InChI=1S/C12H24N2O2S/c1-13-8-4-10-17(15,16)14-9-3-6-11-5-2-7-12(11)14/h11-13H,2-10H2,1H3. The molecule has 2 aliphatic rings. The maximum atomic E-state index is 12.3. The van der Waals surface area contributed by atoms with E-state index in [0.29, 0.717) is 24.1 Å². The lowest BCUT2D eigenvalue weighted by Gasteiger charge is -2.36. The number of piperidine rings is 1. The van der Waals surface area contributed by atoms with Gasteiger partial charge in [0.25, 0.3) is 0 Å². The van der Waals surface area contributed by atoms with Crippen LogP contribution in [0.25, 0.3) is 0 Å².